The van der Waals surface area contributed by atoms with Gasteiger partial charge in [0.2, 0.25) is 0 Å². The number of hydrogen-bond donors (Lipinski definition) is 2. The zero-order valence-electron chi connectivity index (χ0n) is 10.9. The van der Waals surface area contributed by atoms with Crippen LogP contribution in [0.1, 0.15) is 5.56 Å². The SMILES string of the molecule is Cc1c(N)cnc(Nc2cccc3cccnc23)c1Br. The van der Waals surface area contributed by atoms with Crippen LogP contribution in [0.4, 0.5) is 17.2 Å². The lowest BCUT2D eigenvalue weighted by atomic mass is 10.2. The number of halogens is 1. The Balaban J connectivity index is 2.08. The minimum atomic E-state index is 0.665. The van der Waals surface area contributed by atoms with Gasteiger partial charge in [-0.05, 0) is 40.5 Å². The molecule has 0 saturated carbocycles. The van der Waals surface area contributed by atoms with Gasteiger partial charge >= 0.3 is 0 Å². The first-order chi connectivity index (χ1) is 9.66. The number of benzene rings is 1. The summed E-state index contributed by atoms with van der Waals surface area (Å²) in [5.74, 6) is 0.731. The zero-order chi connectivity index (χ0) is 14.1. The Labute approximate surface area is 125 Å². The van der Waals surface area contributed by atoms with Crippen molar-refractivity contribution in [2.75, 3.05) is 11.1 Å². The van der Waals surface area contributed by atoms with E-state index >= 15 is 0 Å². The number of fused-ring (bicyclic) bond motifs is 1. The third-order valence-corrected chi connectivity index (χ3v) is 4.16. The fraction of sp³-hybridized carbons (Fsp3) is 0.0667. The van der Waals surface area contributed by atoms with Crippen molar-refractivity contribution < 1.29 is 0 Å². The number of hydrogen-bond acceptors (Lipinski definition) is 4. The van der Waals surface area contributed by atoms with Crippen LogP contribution in [0.3, 0.4) is 0 Å². The van der Waals surface area contributed by atoms with E-state index in [4.69, 9.17) is 5.73 Å². The lowest BCUT2D eigenvalue weighted by Crippen LogP contribution is -2.00. The van der Waals surface area contributed by atoms with Crippen molar-refractivity contribution in [3.05, 3.63) is 52.8 Å². The number of nitrogens with two attached hydrogens (primary N) is 1. The maximum Gasteiger partial charge on any atom is 0.145 e. The molecule has 2 heterocycles. The third kappa shape index (κ3) is 2.20. The molecule has 0 fully saturated rings. The Hall–Kier alpha value is -2.14. The molecule has 0 aliphatic carbocycles. The fourth-order valence-electron chi connectivity index (χ4n) is 2.01. The van der Waals surface area contributed by atoms with E-state index in [9.17, 15) is 0 Å². The van der Waals surface area contributed by atoms with E-state index in [0.717, 1.165) is 32.4 Å². The minimum absolute atomic E-state index is 0.665. The molecule has 3 rings (SSSR count). The van der Waals surface area contributed by atoms with E-state index in [1.54, 1.807) is 12.4 Å². The van der Waals surface area contributed by atoms with Crippen LogP contribution in [0.2, 0.25) is 0 Å². The summed E-state index contributed by atoms with van der Waals surface area (Å²) in [4.78, 5) is 8.75. The van der Waals surface area contributed by atoms with Gasteiger partial charge in [0.1, 0.15) is 5.82 Å². The average molecular weight is 329 g/mol. The quantitative estimate of drug-likeness (QED) is 0.745. The second-order valence-corrected chi connectivity index (χ2v) is 5.30. The van der Waals surface area contributed by atoms with Crippen LogP contribution in [0.15, 0.2) is 47.2 Å². The predicted octanol–water partition coefficient (Wildman–Crippen LogP) is 4.03. The van der Waals surface area contributed by atoms with Gasteiger partial charge in [0.15, 0.2) is 0 Å². The molecule has 3 aromatic rings. The molecular weight excluding hydrogens is 316 g/mol. The van der Waals surface area contributed by atoms with Crippen molar-refractivity contribution in [3.8, 4) is 0 Å². The first-order valence-corrected chi connectivity index (χ1v) is 6.97. The van der Waals surface area contributed by atoms with E-state index in [-0.39, 0.29) is 0 Å². The number of pyridine rings is 2. The van der Waals surface area contributed by atoms with Gasteiger partial charge in [0.05, 0.1) is 27.6 Å². The molecule has 0 bridgehead atoms. The predicted molar refractivity (Wildman–Crippen MR) is 86.1 cm³/mol. The summed E-state index contributed by atoms with van der Waals surface area (Å²) in [7, 11) is 0. The second kappa shape index (κ2) is 5.09. The molecule has 0 atom stereocenters. The molecule has 2 aromatic heterocycles. The number of nitrogens with one attached hydrogen (secondary N) is 1. The third-order valence-electron chi connectivity index (χ3n) is 3.19. The smallest absolute Gasteiger partial charge is 0.145 e. The first-order valence-electron chi connectivity index (χ1n) is 6.18. The van der Waals surface area contributed by atoms with Gasteiger partial charge in [-0.25, -0.2) is 4.98 Å². The van der Waals surface area contributed by atoms with Crippen LogP contribution < -0.4 is 11.1 Å². The maximum atomic E-state index is 5.84. The van der Waals surface area contributed by atoms with Crippen LogP contribution >= 0.6 is 15.9 Å². The van der Waals surface area contributed by atoms with Crippen molar-refractivity contribution in [1.82, 2.24) is 9.97 Å². The van der Waals surface area contributed by atoms with Crippen molar-refractivity contribution in [3.63, 3.8) is 0 Å². The average Bonchev–Trinajstić information content (AvgIpc) is 2.48. The van der Waals surface area contributed by atoms with Crippen LogP contribution in [0.25, 0.3) is 10.9 Å². The highest BCUT2D eigenvalue weighted by atomic mass is 79.9. The molecule has 4 nitrogen and oxygen atoms in total. The molecule has 0 radical (unpaired) electrons. The Kier molecular flexibility index (Phi) is 3.28. The van der Waals surface area contributed by atoms with Gasteiger partial charge in [-0.15, -0.1) is 0 Å². The van der Waals surface area contributed by atoms with Crippen LogP contribution in [0, 0.1) is 6.92 Å². The fourth-order valence-corrected chi connectivity index (χ4v) is 2.44. The summed E-state index contributed by atoms with van der Waals surface area (Å²) in [5, 5.41) is 4.39. The summed E-state index contributed by atoms with van der Waals surface area (Å²) >= 11 is 3.53. The topological polar surface area (TPSA) is 63.8 Å². The summed E-state index contributed by atoms with van der Waals surface area (Å²) < 4.78 is 0.866. The summed E-state index contributed by atoms with van der Waals surface area (Å²) in [6, 6.07) is 9.96. The standard InChI is InChI=1S/C15H13BrN4/c1-9-11(17)8-19-15(13(9)16)20-12-6-2-4-10-5-3-7-18-14(10)12/h2-8H,17H2,1H3,(H,19,20). The van der Waals surface area contributed by atoms with Gasteiger partial charge in [0, 0.05) is 11.6 Å². The normalized spacial score (nSPS) is 10.7. The lowest BCUT2D eigenvalue weighted by Gasteiger charge is -2.12. The van der Waals surface area contributed by atoms with Gasteiger partial charge in [0.25, 0.3) is 0 Å². The van der Waals surface area contributed by atoms with E-state index in [1.807, 2.05) is 37.3 Å². The van der Waals surface area contributed by atoms with Crippen molar-refractivity contribution in [2.45, 2.75) is 6.92 Å². The van der Waals surface area contributed by atoms with Gasteiger partial charge in [-0.1, -0.05) is 18.2 Å². The van der Waals surface area contributed by atoms with Crippen LogP contribution in [0.5, 0.6) is 0 Å². The summed E-state index contributed by atoms with van der Waals surface area (Å²) in [6.07, 6.45) is 3.44. The van der Waals surface area contributed by atoms with E-state index < -0.39 is 0 Å². The van der Waals surface area contributed by atoms with Crippen molar-refractivity contribution in [1.29, 1.82) is 0 Å². The highest BCUT2D eigenvalue weighted by molar-refractivity contribution is 9.10. The highest BCUT2D eigenvalue weighted by Crippen LogP contribution is 2.31. The van der Waals surface area contributed by atoms with E-state index in [1.165, 1.54) is 0 Å². The van der Waals surface area contributed by atoms with E-state index in [0.29, 0.717) is 5.69 Å². The van der Waals surface area contributed by atoms with Gasteiger partial charge in [-0.3, -0.25) is 4.98 Å². The first kappa shape index (κ1) is 12.9. The minimum Gasteiger partial charge on any atom is -0.397 e. The molecule has 0 saturated heterocycles. The Morgan fingerprint density at radius 2 is 1.95 bits per heavy atom. The Morgan fingerprint density at radius 1 is 1.15 bits per heavy atom. The molecule has 100 valence electrons. The number of aromatic nitrogens is 2. The monoisotopic (exact) mass is 328 g/mol. The molecular formula is C15H13BrN4. The molecule has 0 spiro atoms. The second-order valence-electron chi connectivity index (χ2n) is 4.51. The number of rotatable bonds is 2. The number of nitrogens with zero attached hydrogens (tertiary/aromatic N) is 2. The largest absolute Gasteiger partial charge is 0.397 e. The number of nitrogen functional groups attached to an aromatic ring is 1. The number of para-hydroxylation sites is 1. The van der Waals surface area contributed by atoms with E-state index in [2.05, 4.69) is 31.2 Å². The van der Waals surface area contributed by atoms with Crippen molar-refractivity contribution in [2.24, 2.45) is 0 Å². The summed E-state index contributed by atoms with van der Waals surface area (Å²) in [5.41, 5.74) is 9.31. The molecule has 0 amide bonds. The molecule has 0 unspecified atom stereocenters. The van der Waals surface area contributed by atoms with Crippen LogP contribution in [-0.4, -0.2) is 9.97 Å². The van der Waals surface area contributed by atoms with Gasteiger partial charge in [-0.2, -0.15) is 0 Å². The summed E-state index contributed by atoms with van der Waals surface area (Å²) in [6.45, 7) is 1.95. The van der Waals surface area contributed by atoms with Crippen molar-refractivity contribution >= 4 is 44.0 Å². The molecule has 20 heavy (non-hydrogen) atoms. The van der Waals surface area contributed by atoms with Crippen LogP contribution in [-0.2, 0) is 0 Å². The Morgan fingerprint density at radius 3 is 2.80 bits per heavy atom. The zero-order valence-corrected chi connectivity index (χ0v) is 12.5. The molecule has 5 heteroatoms. The molecule has 3 N–H and O–H groups in total. The highest BCUT2D eigenvalue weighted by Gasteiger charge is 2.09. The Bertz CT molecular complexity index is 781. The lowest BCUT2D eigenvalue weighted by molar-refractivity contribution is 1.25. The molecule has 0 aliphatic heterocycles. The molecule has 1 aromatic carbocycles. The molecule has 0 aliphatic rings. The van der Waals surface area contributed by atoms with Gasteiger partial charge < -0.3 is 11.1 Å². The number of anilines is 3. The maximum absolute atomic E-state index is 5.84.